The third-order valence-electron chi connectivity index (χ3n) is 3.88. The number of amides is 1. The molecule has 5 nitrogen and oxygen atoms in total. The minimum Gasteiger partial charge on any atom is -0.352 e. The molecule has 1 aromatic rings. The van der Waals surface area contributed by atoms with E-state index in [1.807, 2.05) is 0 Å². The van der Waals surface area contributed by atoms with Crippen LogP contribution in [0.25, 0.3) is 0 Å². The molecule has 116 valence electrons. The van der Waals surface area contributed by atoms with Crippen molar-refractivity contribution in [1.82, 2.24) is 5.32 Å². The Balaban J connectivity index is 2.19. The summed E-state index contributed by atoms with van der Waals surface area (Å²) in [5.41, 5.74) is 0.792. The lowest BCUT2D eigenvalue weighted by molar-refractivity contribution is 0.0946. The molecule has 1 atom stereocenters. The Morgan fingerprint density at radius 3 is 2.62 bits per heavy atom. The predicted octanol–water partition coefficient (Wildman–Crippen LogP) is 2.18. The fraction of sp³-hybridized carbons (Fsp3) is 0.500. The molecule has 0 spiro atoms. The zero-order valence-corrected chi connectivity index (χ0v) is 14.4. The van der Waals surface area contributed by atoms with Gasteiger partial charge in [0.2, 0.25) is 10.0 Å². The van der Waals surface area contributed by atoms with E-state index in [4.69, 9.17) is 5.14 Å². The lowest BCUT2D eigenvalue weighted by atomic mass is 10.1. The molecule has 2 rings (SSSR count). The molecule has 1 amide bonds. The van der Waals surface area contributed by atoms with Gasteiger partial charge in [0.1, 0.15) is 0 Å². The number of carbonyl (C=O) groups is 1. The third kappa shape index (κ3) is 4.05. The maximum atomic E-state index is 12.2. The van der Waals surface area contributed by atoms with Gasteiger partial charge in [-0.1, -0.05) is 22.9 Å². The summed E-state index contributed by atoms with van der Waals surface area (Å²) >= 11 is 3.27. The second-order valence-electron chi connectivity index (χ2n) is 5.65. The minimum atomic E-state index is -3.86. The van der Waals surface area contributed by atoms with Gasteiger partial charge in [0.05, 0.1) is 4.90 Å². The molecule has 0 radical (unpaired) electrons. The molecule has 3 N–H and O–H groups in total. The molecular formula is C14H19BrN2O3S. The highest BCUT2D eigenvalue weighted by Crippen LogP contribution is 2.36. The van der Waals surface area contributed by atoms with Crippen molar-refractivity contribution in [1.29, 1.82) is 0 Å². The van der Waals surface area contributed by atoms with Gasteiger partial charge >= 0.3 is 0 Å². The number of carbonyl (C=O) groups excluding carboxylic acids is 1. The Hall–Kier alpha value is -0.920. The average molecular weight is 375 g/mol. The van der Waals surface area contributed by atoms with Gasteiger partial charge in [-0.3, -0.25) is 4.79 Å². The Bertz CT molecular complexity index is 669. The molecule has 0 bridgehead atoms. The SMILES string of the molecule is Cc1c(Br)cc(C(=O)NCC(C)C2CC2)cc1S(N)(=O)=O. The number of nitrogens with one attached hydrogen (secondary N) is 1. The van der Waals surface area contributed by atoms with Gasteiger partial charge in [0, 0.05) is 16.6 Å². The molecule has 1 aromatic carbocycles. The van der Waals surface area contributed by atoms with Crippen LogP contribution >= 0.6 is 15.9 Å². The number of primary sulfonamides is 1. The van der Waals surface area contributed by atoms with Crippen molar-refractivity contribution in [2.75, 3.05) is 6.54 Å². The van der Waals surface area contributed by atoms with Gasteiger partial charge in [-0.05, 0) is 49.3 Å². The van der Waals surface area contributed by atoms with Crippen LogP contribution in [0.3, 0.4) is 0 Å². The maximum Gasteiger partial charge on any atom is 0.251 e. The fourth-order valence-electron chi connectivity index (χ4n) is 2.27. The van der Waals surface area contributed by atoms with Gasteiger partial charge in [-0.2, -0.15) is 0 Å². The number of hydrogen-bond donors (Lipinski definition) is 2. The van der Waals surface area contributed by atoms with Gasteiger partial charge in [0.15, 0.2) is 0 Å². The van der Waals surface area contributed by atoms with Crippen LogP contribution in [0.5, 0.6) is 0 Å². The minimum absolute atomic E-state index is 0.0303. The van der Waals surface area contributed by atoms with E-state index in [1.165, 1.54) is 18.9 Å². The third-order valence-corrected chi connectivity index (χ3v) is 5.74. The highest BCUT2D eigenvalue weighted by Gasteiger charge is 2.28. The summed E-state index contributed by atoms with van der Waals surface area (Å²) in [7, 11) is -3.86. The lowest BCUT2D eigenvalue weighted by Crippen LogP contribution is -2.29. The highest BCUT2D eigenvalue weighted by atomic mass is 79.9. The average Bonchev–Trinajstić information content (AvgIpc) is 3.21. The zero-order chi connectivity index (χ0) is 15.8. The van der Waals surface area contributed by atoms with E-state index in [9.17, 15) is 13.2 Å². The van der Waals surface area contributed by atoms with Crippen molar-refractivity contribution >= 4 is 31.9 Å². The normalized spacial score (nSPS) is 16.6. The highest BCUT2D eigenvalue weighted by molar-refractivity contribution is 9.10. The van der Waals surface area contributed by atoms with Gasteiger partial charge in [0.25, 0.3) is 5.91 Å². The van der Waals surface area contributed by atoms with Crippen LogP contribution < -0.4 is 10.5 Å². The first-order chi connectivity index (χ1) is 9.70. The Morgan fingerprint density at radius 2 is 2.10 bits per heavy atom. The summed E-state index contributed by atoms with van der Waals surface area (Å²) in [4.78, 5) is 12.1. The first kappa shape index (κ1) is 16.5. The number of halogens is 1. The van der Waals surface area contributed by atoms with Crippen LogP contribution in [0.2, 0.25) is 0 Å². The smallest absolute Gasteiger partial charge is 0.251 e. The molecule has 7 heteroatoms. The lowest BCUT2D eigenvalue weighted by Gasteiger charge is -2.13. The van der Waals surface area contributed by atoms with E-state index in [2.05, 4.69) is 28.2 Å². The van der Waals surface area contributed by atoms with E-state index in [0.717, 1.165) is 0 Å². The fourth-order valence-corrected chi connectivity index (χ4v) is 3.69. The van der Waals surface area contributed by atoms with Crippen molar-refractivity contribution in [3.8, 4) is 0 Å². The molecule has 1 aliphatic rings. The maximum absolute atomic E-state index is 12.2. The van der Waals surface area contributed by atoms with Crippen LogP contribution in [0, 0.1) is 18.8 Å². The summed E-state index contributed by atoms with van der Waals surface area (Å²) in [6.07, 6.45) is 2.45. The first-order valence-electron chi connectivity index (χ1n) is 6.81. The number of rotatable bonds is 5. The van der Waals surface area contributed by atoms with Crippen molar-refractivity contribution < 1.29 is 13.2 Å². The van der Waals surface area contributed by atoms with Crippen LogP contribution in [-0.4, -0.2) is 20.9 Å². The summed E-state index contributed by atoms with van der Waals surface area (Å²) in [6, 6.07) is 2.94. The largest absolute Gasteiger partial charge is 0.352 e. The van der Waals surface area contributed by atoms with Crippen molar-refractivity contribution in [3.63, 3.8) is 0 Å². The van der Waals surface area contributed by atoms with Gasteiger partial charge in [-0.15, -0.1) is 0 Å². The van der Waals surface area contributed by atoms with Crippen LogP contribution in [0.4, 0.5) is 0 Å². The Morgan fingerprint density at radius 1 is 1.48 bits per heavy atom. The molecule has 1 fully saturated rings. The number of benzene rings is 1. The number of hydrogen-bond acceptors (Lipinski definition) is 3. The molecule has 0 saturated heterocycles. The first-order valence-corrected chi connectivity index (χ1v) is 9.15. The predicted molar refractivity (Wildman–Crippen MR) is 84.5 cm³/mol. The van der Waals surface area contributed by atoms with Crippen LogP contribution in [-0.2, 0) is 10.0 Å². The van der Waals surface area contributed by atoms with E-state index < -0.39 is 10.0 Å². The molecular weight excluding hydrogens is 356 g/mol. The van der Waals surface area contributed by atoms with Crippen molar-refractivity contribution in [2.45, 2.75) is 31.6 Å². The van der Waals surface area contributed by atoms with E-state index >= 15 is 0 Å². The zero-order valence-electron chi connectivity index (χ0n) is 12.0. The molecule has 1 saturated carbocycles. The molecule has 0 heterocycles. The summed E-state index contributed by atoms with van der Waals surface area (Å²) in [5.74, 6) is 0.865. The summed E-state index contributed by atoms with van der Waals surface area (Å²) in [5, 5.41) is 8.04. The molecule has 0 aromatic heterocycles. The van der Waals surface area contributed by atoms with Crippen molar-refractivity contribution in [2.24, 2.45) is 17.0 Å². The second-order valence-corrected chi connectivity index (χ2v) is 8.04. The van der Waals surface area contributed by atoms with Gasteiger partial charge < -0.3 is 5.32 Å². The standard InChI is InChI=1S/C14H19BrN2O3S/c1-8(10-3-4-10)7-17-14(18)11-5-12(15)9(2)13(6-11)21(16,19)20/h5-6,8,10H,3-4,7H2,1-2H3,(H,17,18)(H2,16,19,20). The molecule has 0 aliphatic heterocycles. The van der Waals surface area contributed by atoms with Gasteiger partial charge in [-0.25, -0.2) is 13.6 Å². The second kappa shape index (κ2) is 6.06. The molecule has 1 aliphatic carbocycles. The van der Waals surface area contributed by atoms with Crippen LogP contribution in [0.1, 0.15) is 35.7 Å². The topological polar surface area (TPSA) is 89.3 Å². The van der Waals surface area contributed by atoms with Crippen molar-refractivity contribution in [3.05, 3.63) is 27.7 Å². The number of sulfonamides is 1. The molecule has 1 unspecified atom stereocenters. The Kier molecular flexibility index (Phi) is 4.75. The van der Waals surface area contributed by atoms with E-state index in [1.54, 1.807) is 13.0 Å². The Labute approximate surface area is 133 Å². The van der Waals surface area contributed by atoms with Crippen LogP contribution in [0.15, 0.2) is 21.5 Å². The summed E-state index contributed by atoms with van der Waals surface area (Å²) < 4.78 is 23.7. The quantitative estimate of drug-likeness (QED) is 0.827. The molecule has 21 heavy (non-hydrogen) atoms. The van der Waals surface area contributed by atoms with E-state index in [0.29, 0.717) is 34.0 Å². The number of nitrogens with two attached hydrogens (primary N) is 1. The monoisotopic (exact) mass is 374 g/mol. The van der Waals surface area contributed by atoms with E-state index in [-0.39, 0.29) is 10.8 Å². The summed E-state index contributed by atoms with van der Waals surface area (Å²) in [6.45, 7) is 4.35.